The maximum absolute atomic E-state index is 12.0. The molecule has 1 heterocycles. The molecular weight excluding hydrogens is 350 g/mol. The Hall–Kier alpha value is -2.79. The Morgan fingerprint density at radius 2 is 1.73 bits per heavy atom. The number of para-hydroxylation sites is 1. The summed E-state index contributed by atoms with van der Waals surface area (Å²) in [7, 11) is 0. The minimum atomic E-state index is -0.357. The lowest BCUT2D eigenvalue weighted by Gasteiger charge is -2.09. The van der Waals surface area contributed by atoms with Gasteiger partial charge in [0, 0.05) is 24.8 Å². The molecule has 0 radical (unpaired) electrons. The largest absolute Gasteiger partial charge is 0.355 e. The van der Waals surface area contributed by atoms with E-state index in [2.05, 4.69) is 39.6 Å². The average Bonchev–Trinajstić information content (AvgIpc) is 3.07. The molecule has 26 heavy (non-hydrogen) atoms. The first-order valence-electron chi connectivity index (χ1n) is 8.48. The molecule has 2 N–H and O–H groups in total. The molecule has 0 spiro atoms. The van der Waals surface area contributed by atoms with Crippen molar-refractivity contribution < 1.29 is 9.59 Å². The Morgan fingerprint density at radius 1 is 0.962 bits per heavy atom. The first-order valence-corrected chi connectivity index (χ1v) is 8.86. The van der Waals surface area contributed by atoms with Crippen molar-refractivity contribution in [2.24, 2.45) is 0 Å². The maximum atomic E-state index is 12.0. The lowest BCUT2D eigenvalue weighted by atomic mass is 10.2. The molecule has 134 valence electrons. The number of halogens is 1. The molecule has 0 bridgehead atoms. The molecule has 5 nitrogen and oxygen atoms in total. The van der Waals surface area contributed by atoms with Gasteiger partial charge >= 0.3 is 0 Å². The fourth-order valence-electron chi connectivity index (χ4n) is 2.78. The Kier molecular flexibility index (Phi) is 5.92. The van der Waals surface area contributed by atoms with Gasteiger partial charge in [0.2, 0.25) is 5.91 Å². The second kappa shape index (κ2) is 8.54. The summed E-state index contributed by atoms with van der Waals surface area (Å²) in [5, 5.41) is 6.96. The number of nitrogens with one attached hydrogen (secondary N) is 2. The third kappa shape index (κ3) is 4.43. The Bertz CT molecular complexity index is 920. The van der Waals surface area contributed by atoms with Crippen LogP contribution in [-0.2, 0) is 11.3 Å². The van der Waals surface area contributed by atoms with Crippen molar-refractivity contribution in [1.82, 2.24) is 15.2 Å². The SMILES string of the molecule is O=C(CNC(=O)c1ccccc1Cl)NCCCn1ccc2ccccc21. The highest BCUT2D eigenvalue weighted by Crippen LogP contribution is 2.15. The number of hydrogen-bond acceptors (Lipinski definition) is 2. The van der Waals surface area contributed by atoms with Gasteiger partial charge in [-0.15, -0.1) is 0 Å². The molecule has 6 heteroatoms. The van der Waals surface area contributed by atoms with E-state index in [0.717, 1.165) is 13.0 Å². The van der Waals surface area contributed by atoms with Crippen LogP contribution in [0.5, 0.6) is 0 Å². The number of rotatable bonds is 7. The molecule has 0 aliphatic carbocycles. The molecule has 0 atom stereocenters. The van der Waals surface area contributed by atoms with Crippen molar-refractivity contribution in [2.45, 2.75) is 13.0 Å². The van der Waals surface area contributed by atoms with Crippen molar-refractivity contribution in [2.75, 3.05) is 13.1 Å². The highest BCUT2D eigenvalue weighted by Gasteiger charge is 2.10. The fourth-order valence-corrected chi connectivity index (χ4v) is 3.00. The molecule has 0 unspecified atom stereocenters. The monoisotopic (exact) mass is 369 g/mol. The molecule has 3 rings (SSSR count). The Labute approximate surface area is 157 Å². The van der Waals surface area contributed by atoms with Gasteiger partial charge < -0.3 is 15.2 Å². The van der Waals surface area contributed by atoms with Crippen molar-refractivity contribution in [3.8, 4) is 0 Å². The van der Waals surface area contributed by atoms with Crippen LogP contribution in [0, 0.1) is 0 Å². The number of carbonyl (C=O) groups is 2. The van der Waals surface area contributed by atoms with Gasteiger partial charge in [0.15, 0.2) is 0 Å². The zero-order chi connectivity index (χ0) is 18.4. The molecule has 1 aromatic heterocycles. The number of fused-ring (bicyclic) bond motifs is 1. The molecule has 2 aromatic carbocycles. The first-order chi connectivity index (χ1) is 12.6. The van der Waals surface area contributed by atoms with Gasteiger partial charge in [-0.3, -0.25) is 9.59 Å². The first kappa shape index (κ1) is 18.0. The van der Waals surface area contributed by atoms with E-state index < -0.39 is 0 Å². The number of aromatic nitrogens is 1. The van der Waals surface area contributed by atoms with Crippen LogP contribution in [0.15, 0.2) is 60.8 Å². The van der Waals surface area contributed by atoms with Gasteiger partial charge in [0.25, 0.3) is 5.91 Å². The predicted molar refractivity (Wildman–Crippen MR) is 103 cm³/mol. The van der Waals surface area contributed by atoms with Crippen LogP contribution < -0.4 is 10.6 Å². The lowest BCUT2D eigenvalue weighted by Crippen LogP contribution is -2.37. The third-order valence-electron chi connectivity index (χ3n) is 4.11. The zero-order valence-corrected chi connectivity index (χ0v) is 15.0. The molecule has 0 fully saturated rings. The molecule has 0 saturated carbocycles. The normalized spacial score (nSPS) is 10.7. The summed E-state index contributed by atoms with van der Waals surface area (Å²) in [6, 6.07) is 17.0. The van der Waals surface area contributed by atoms with Crippen LogP contribution in [0.2, 0.25) is 5.02 Å². The molecule has 0 saturated heterocycles. The number of amides is 2. The Balaban J connectivity index is 1.39. The van der Waals surface area contributed by atoms with Gasteiger partial charge in [0.1, 0.15) is 0 Å². The van der Waals surface area contributed by atoms with Crippen molar-refractivity contribution in [3.63, 3.8) is 0 Å². The van der Waals surface area contributed by atoms with Crippen LogP contribution in [-0.4, -0.2) is 29.5 Å². The lowest BCUT2D eigenvalue weighted by molar-refractivity contribution is -0.120. The third-order valence-corrected chi connectivity index (χ3v) is 4.44. The number of hydrogen-bond donors (Lipinski definition) is 2. The number of benzene rings is 2. The molecule has 3 aromatic rings. The van der Waals surface area contributed by atoms with Crippen molar-refractivity contribution in [3.05, 3.63) is 71.4 Å². The minimum absolute atomic E-state index is 0.0729. The summed E-state index contributed by atoms with van der Waals surface area (Å²) in [6.07, 6.45) is 2.86. The Morgan fingerprint density at radius 3 is 2.58 bits per heavy atom. The second-order valence-electron chi connectivity index (χ2n) is 5.93. The predicted octanol–water partition coefficient (Wildman–Crippen LogP) is 3.23. The van der Waals surface area contributed by atoms with Gasteiger partial charge in [-0.05, 0) is 36.1 Å². The summed E-state index contributed by atoms with van der Waals surface area (Å²) in [6.45, 7) is 1.30. The summed E-state index contributed by atoms with van der Waals surface area (Å²) in [4.78, 5) is 23.9. The minimum Gasteiger partial charge on any atom is -0.355 e. The number of aryl methyl sites for hydroxylation is 1. The summed E-state index contributed by atoms with van der Waals surface area (Å²) in [5.74, 6) is -0.577. The topological polar surface area (TPSA) is 63.1 Å². The van der Waals surface area contributed by atoms with Crippen molar-refractivity contribution in [1.29, 1.82) is 0 Å². The van der Waals surface area contributed by atoms with E-state index >= 15 is 0 Å². The van der Waals surface area contributed by atoms with E-state index in [1.807, 2.05) is 12.1 Å². The van der Waals surface area contributed by atoms with E-state index in [4.69, 9.17) is 11.6 Å². The second-order valence-corrected chi connectivity index (χ2v) is 6.34. The highest BCUT2D eigenvalue weighted by atomic mass is 35.5. The number of nitrogens with zero attached hydrogens (tertiary/aromatic N) is 1. The van der Waals surface area contributed by atoms with E-state index in [1.54, 1.807) is 24.3 Å². The molecule has 0 aliphatic rings. The van der Waals surface area contributed by atoms with Crippen LogP contribution in [0.25, 0.3) is 10.9 Å². The summed E-state index contributed by atoms with van der Waals surface area (Å²) in [5.41, 5.74) is 1.55. The van der Waals surface area contributed by atoms with Crippen LogP contribution >= 0.6 is 11.6 Å². The van der Waals surface area contributed by atoms with Gasteiger partial charge in [0.05, 0.1) is 17.1 Å². The summed E-state index contributed by atoms with van der Waals surface area (Å²) < 4.78 is 2.17. The smallest absolute Gasteiger partial charge is 0.253 e. The zero-order valence-electron chi connectivity index (χ0n) is 14.2. The summed E-state index contributed by atoms with van der Waals surface area (Å²) >= 11 is 5.96. The van der Waals surface area contributed by atoms with Crippen LogP contribution in [0.3, 0.4) is 0 Å². The molecule has 0 aliphatic heterocycles. The van der Waals surface area contributed by atoms with E-state index in [-0.39, 0.29) is 18.4 Å². The molecular formula is C20H20ClN3O2. The van der Waals surface area contributed by atoms with Gasteiger partial charge in [-0.25, -0.2) is 0 Å². The number of carbonyl (C=O) groups excluding carboxylic acids is 2. The fraction of sp³-hybridized carbons (Fsp3) is 0.200. The van der Waals surface area contributed by atoms with Gasteiger partial charge in [-0.1, -0.05) is 41.9 Å². The average molecular weight is 370 g/mol. The highest BCUT2D eigenvalue weighted by molar-refractivity contribution is 6.33. The molecule has 2 amide bonds. The van der Waals surface area contributed by atoms with Crippen LogP contribution in [0.1, 0.15) is 16.8 Å². The van der Waals surface area contributed by atoms with Crippen molar-refractivity contribution >= 4 is 34.3 Å². The van der Waals surface area contributed by atoms with E-state index in [0.29, 0.717) is 17.1 Å². The quantitative estimate of drug-likeness (QED) is 0.628. The van der Waals surface area contributed by atoms with Crippen LogP contribution in [0.4, 0.5) is 0 Å². The maximum Gasteiger partial charge on any atom is 0.253 e. The van der Waals surface area contributed by atoms with Gasteiger partial charge in [-0.2, -0.15) is 0 Å². The standard InChI is InChI=1S/C20H20ClN3O2/c21-17-8-3-2-7-16(17)20(26)23-14-19(25)22-11-5-12-24-13-10-15-6-1-4-9-18(15)24/h1-4,6-10,13H,5,11-12,14H2,(H,22,25)(H,23,26). The van der Waals surface area contributed by atoms with E-state index in [9.17, 15) is 9.59 Å². The van der Waals surface area contributed by atoms with E-state index in [1.165, 1.54) is 10.9 Å².